The second-order valence-electron chi connectivity index (χ2n) is 6.65. The van der Waals surface area contributed by atoms with Crippen molar-refractivity contribution in [1.82, 2.24) is 15.0 Å². The number of nitrogens with two attached hydrogens (primary N) is 1. The van der Waals surface area contributed by atoms with Gasteiger partial charge in [0.1, 0.15) is 5.82 Å². The van der Waals surface area contributed by atoms with E-state index in [9.17, 15) is 14.0 Å². The van der Waals surface area contributed by atoms with Crippen molar-refractivity contribution in [3.63, 3.8) is 0 Å². The number of nitrogens with zero attached hydrogens (tertiary/aromatic N) is 3. The number of carbonyl (C=O) groups excluding carboxylic acids is 2. The first-order chi connectivity index (χ1) is 16.0. The van der Waals surface area contributed by atoms with Crippen molar-refractivity contribution in [3.05, 3.63) is 88.1 Å². The molecular formula is C22H17FN6O3S. The minimum absolute atomic E-state index is 0.0795. The maximum Gasteiger partial charge on any atom is 0.340 e. The predicted molar refractivity (Wildman–Crippen MR) is 122 cm³/mol. The Bertz CT molecular complexity index is 1280. The van der Waals surface area contributed by atoms with E-state index in [0.29, 0.717) is 16.9 Å². The molecule has 2 heterocycles. The third-order valence-electron chi connectivity index (χ3n) is 4.31. The van der Waals surface area contributed by atoms with E-state index in [-0.39, 0.29) is 41.6 Å². The van der Waals surface area contributed by atoms with E-state index in [1.54, 1.807) is 35.0 Å². The molecule has 1 amide bonds. The van der Waals surface area contributed by atoms with Crippen LogP contribution in [0, 0.1) is 5.82 Å². The number of nitrogens with one attached hydrogen (secondary N) is 2. The summed E-state index contributed by atoms with van der Waals surface area (Å²) in [6.45, 7) is -0.281. The van der Waals surface area contributed by atoms with E-state index < -0.39 is 5.97 Å². The molecule has 9 nitrogen and oxygen atoms in total. The molecule has 0 aliphatic carbocycles. The second kappa shape index (κ2) is 9.83. The SMILES string of the molecule is Nc1nc(COC(=O)c2ccccc2NC(=O)c2ccsc2)nc(Nc2ccc(F)cc2)n1. The van der Waals surface area contributed by atoms with Gasteiger partial charge in [0.2, 0.25) is 11.9 Å². The number of carbonyl (C=O) groups is 2. The number of ether oxygens (including phenoxy) is 1. The molecule has 4 rings (SSSR count). The van der Waals surface area contributed by atoms with Crippen molar-refractivity contribution in [2.24, 2.45) is 0 Å². The fourth-order valence-electron chi connectivity index (χ4n) is 2.79. The topological polar surface area (TPSA) is 132 Å². The molecule has 2 aromatic carbocycles. The summed E-state index contributed by atoms with van der Waals surface area (Å²) in [4.78, 5) is 37.1. The van der Waals surface area contributed by atoms with Gasteiger partial charge >= 0.3 is 5.97 Å². The van der Waals surface area contributed by atoms with Crippen LogP contribution in [0.2, 0.25) is 0 Å². The number of amides is 1. The lowest BCUT2D eigenvalue weighted by molar-refractivity contribution is 0.0463. The highest BCUT2D eigenvalue weighted by atomic mass is 32.1. The molecule has 0 fully saturated rings. The van der Waals surface area contributed by atoms with Gasteiger partial charge in [-0.15, -0.1) is 0 Å². The van der Waals surface area contributed by atoms with Gasteiger partial charge in [-0.05, 0) is 47.8 Å². The minimum atomic E-state index is -0.678. The first-order valence-electron chi connectivity index (χ1n) is 9.60. The molecule has 166 valence electrons. The van der Waals surface area contributed by atoms with Gasteiger partial charge in [0, 0.05) is 11.1 Å². The van der Waals surface area contributed by atoms with Gasteiger partial charge in [-0.1, -0.05) is 12.1 Å². The van der Waals surface area contributed by atoms with Crippen LogP contribution in [0.3, 0.4) is 0 Å². The van der Waals surface area contributed by atoms with Crippen LogP contribution in [-0.4, -0.2) is 26.8 Å². The smallest absolute Gasteiger partial charge is 0.340 e. The van der Waals surface area contributed by atoms with Crippen LogP contribution < -0.4 is 16.4 Å². The normalized spacial score (nSPS) is 10.5. The van der Waals surface area contributed by atoms with Gasteiger partial charge in [0.05, 0.1) is 16.8 Å². The monoisotopic (exact) mass is 464 g/mol. The van der Waals surface area contributed by atoms with Gasteiger partial charge in [-0.2, -0.15) is 26.3 Å². The Hall–Kier alpha value is -4.38. The first-order valence-corrected chi connectivity index (χ1v) is 10.5. The van der Waals surface area contributed by atoms with Gasteiger partial charge in [-0.25, -0.2) is 9.18 Å². The van der Waals surface area contributed by atoms with Crippen molar-refractivity contribution in [3.8, 4) is 0 Å². The van der Waals surface area contributed by atoms with Gasteiger partial charge in [0.15, 0.2) is 12.4 Å². The third kappa shape index (κ3) is 5.66. The number of nitrogen functional groups attached to an aromatic ring is 1. The molecule has 0 aliphatic heterocycles. The zero-order valence-corrected chi connectivity index (χ0v) is 17.8. The van der Waals surface area contributed by atoms with Crippen LogP contribution in [0.1, 0.15) is 26.5 Å². The van der Waals surface area contributed by atoms with Gasteiger partial charge < -0.3 is 21.1 Å². The molecule has 33 heavy (non-hydrogen) atoms. The number of para-hydroxylation sites is 1. The van der Waals surface area contributed by atoms with E-state index in [2.05, 4.69) is 25.6 Å². The predicted octanol–water partition coefficient (Wildman–Crippen LogP) is 4.01. The summed E-state index contributed by atoms with van der Waals surface area (Å²) < 4.78 is 18.4. The maximum absolute atomic E-state index is 13.1. The molecule has 0 bridgehead atoms. The van der Waals surface area contributed by atoms with Crippen molar-refractivity contribution in [2.45, 2.75) is 6.61 Å². The lowest BCUT2D eigenvalue weighted by Gasteiger charge is -2.11. The highest BCUT2D eigenvalue weighted by Gasteiger charge is 2.16. The minimum Gasteiger partial charge on any atom is -0.454 e. The van der Waals surface area contributed by atoms with Crippen LogP contribution in [-0.2, 0) is 11.3 Å². The number of esters is 1. The Labute approximate surface area is 191 Å². The zero-order valence-electron chi connectivity index (χ0n) is 17.0. The molecule has 0 unspecified atom stereocenters. The molecule has 4 aromatic rings. The Morgan fingerprint density at radius 3 is 2.58 bits per heavy atom. The fourth-order valence-corrected chi connectivity index (χ4v) is 3.42. The molecule has 0 saturated carbocycles. The van der Waals surface area contributed by atoms with Crippen LogP contribution in [0.15, 0.2) is 65.4 Å². The molecule has 11 heteroatoms. The van der Waals surface area contributed by atoms with Crippen molar-refractivity contribution < 1.29 is 18.7 Å². The van der Waals surface area contributed by atoms with E-state index in [1.165, 1.54) is 41.7 Å². The highest BCUT2D eigenvalue weighted by Crippen LogP contribution is 2.19. The van der Waals surface area contributed by atoms with Crippen LogP contribution in [0.4, 0.5) is 27.7 Å². The molecule has 4 N–H and O–H groups in total. The summed E-state index contributed by atoms with van der Waals surface area (Å²) in [5.41, 5.74) is 7.25. The second-order valence-corrected chi connectivity index (χ2v) is 7.43. The molecule has 0 saturated heterocycles. The molecule has 2 aromatic heterocycles. The van der Waals surface area contributed by atoms with Gasteiger partial charge in [0.25, 0.3) is 5.91 Å². The molecule has 0 aliphatic rings. The number of rotatable bonds is 7. The molecule has 0 radical (unpaired) electrons. The molecule has 0 spiro atoms. The number of aromatic nitrogens is 3. The summed E-state index contributed by atoms with van der Waals surface area (Å²) >= 11 is 1.39. The standard InChI is InChI=1S/C22H17FN6O3S/c23-14-5-7-15(8-6-14)25-22-28-18(27-21(24)29-22)11-32-20(31)16-3-1-2-4-17(16)26-19(30)13-9-10-33-12-13/h1-10,12H,11H2,(H,26,30)(H3,24,25,27,28,29). The summed E-state index contributed by atoms with van der Waals surface area (Å²) in [6.07, 6.45) is 0. The number of thiophene rings is 1. The Morgan fingerprint density at radius 2 is 1.82 bits per heavy atom. The van der Waals surface area contributed by atoms with E-state index in [0.717, 1.165) is 0 Å². The zero-order chi connectivity index (χ0) is 23.2. The highest BCUT2D eigenvalue weighted by molar-refractivity contribution is 7.08. The lowest BCUT2D eigenvalue weighted by Crippen LogP contribution is -2.16. The maximum atomic E-state index is 13.1. The van der Waals surface area contributed by atoms with E-state index in [1.807, 2.05) is 0 Å². The largest absolute Gasteiger partial charge is 0.454 e. The van der Waals surface area contributed by atoms with Crippen molar-refractivity contribution in [2.75, 3.05) is 16.4 Å². The Morgan fingerprint density at radius 1 is 1.03 bits per heavy atom. The fraction of sp³-hybridized carbons (Fsp3) is 0.0455. The quantitative estimate of drug-likeness (QED) is 0.350. The summed E-state index contributed by atoms with van der Waals surface area (Å²) in [5, 5.41) is 9.08. The van der Waals surface area contributed by atoms with Crippen LogP contribution in [0.5, 0.6) is 0 Å². The summed E-state index contributed by atoms with van der Waals surface area (Å²) in [6, 6.07) is 13.8. The number of halogens is 1. The lowest BCUT2D eigenvalue weighted by atomic mass is 10.1. The summed E-state index contributed by atoms with van der Waals surface area (Å²) in [5.74, 6) is -1.25. The number of hydrogen-bond acceptors (Lipinski definition) is 9. The Kier molecular flexibility index (Phi) is 6.51. The van der Waals surface area contributed by atoms with Crippen LogP contribution in [0.25, 0.3) is 0 Å². The number of anilines is 4. The van der Waals surface area contributed by atoms with Crippen molar-refractivity contribution in [1.29, 1.82) is 0 Å². The van der Waals surface area contributed by atoms with E-state index >= 15 is 0 Å². The first kappa shape index (κ1) is 21.8. The average Bonchev–Trinajstić information content (AvgIpc) is 3.34. The number of hydrogen-bond donors (Lipinski definition) is 3. The number of benzene rings is 2. The summed E-state index contributed by atoms with van der Waals surface area (Å²) in [7, 11) is 0. The Balaban J connectivity index is 1.44. The van der Waals surface area contributed by atoms with E-state index in [4.69, 9.17) is 10.5 Å². The third-order valence-corrected chi connectivity index (χ3v) is 4.99. The average molecular weight is 464 g/mol. The molecule has 0 atom stereocenters. The van der Waals surface area contributed by atoms with Gasteiger partial charge in [-0.3, -0.25) is 4.79 Å². The molecular weight excluding hydrogens is 447 g/mol. The van der Waals surface area contributed by atoms with Crippen molar-refractivity contribution >= 4 is 46.5 Å². The van der Waals surface area contributed by atoms with Crippen LogP contribution >= 0.6 is 11.3 Å².